The predicted octanol–water partition coefficient (Wildman–Crippen LogP) is 3.09. The molecule has 0 unspecified atom stereocenters. The maximum absolute atomic E-state index is 12.1. The van der Waals surface area contributed by atoms with Crippen molar-refractivity contribution in [3.8, 4) is 5.75 Å². The molecule has 0 saturated heterocycles. The van der Waals surface area contributed by atoms with Gasteiger partial charge in [-0.3, -0.25) is 9.89 Å². The van der Waals surface area contributed by atoms with E-state index in [2.05, 4.69) is 30.8 Å². The van der Waals surface area contributed by atoms with Crippen molar-refractivity contribution in [2.75, 3.05) is 17.7 Å². The van der Waals surface area contributed by atoms with Crippen LogP contribution in [0.1, 0.15) is 20.8 Å². The smallest absolute Gasteiger partial charge is 0.230 e. The molecule has 0 atom stereocenters. The molecule has 0 radical (unpaired) electrons. The van der Waals surface area contributed by atoms with Crippen LogP contribution in [0.2, 0.25) is 0 Å². The van der Waals surface area contributed by atoms with Gasteiger partial charge >= 0.3 is 0 Å². The lowest BCUT2D eigenvalue weighted by atomic mass is 9.96. The Morgan fingerprint density at radius 3 is 2.64 bits per heavy atom. The third-order valence-corrected chi connectivity index (χ3v) is 3.61. The van der Waals surface area contributed by atoms with Crippen molar-refractivity contribution in [1.82, 2.24) is 20.2 Å². The Labute approximate surface area is 145 Å². The number of benzene rings is 1. The average Bonchev–Trinajstić information content (AvgIpc) is 3.00. The number of anilines is 3. The number of nitrogens with zero attached hydrogens (tertiary/aromatic N) is 3. The SMILES string of the molecule is COc1cc2[nH]ncc2cc1Nc1cc(NC(=O)C(C)(C)C)ncn1. The monoisotopic (exact) mass is 340 g/mol. The van der Waals surface area contributed by atoms with Gasteiger partial charge in [-0.25, -0.2) is 9.97 Å². The van der Waals surface area contributed by atoms with E-state index in [1.54, 1.807) is 19.4 Å². The lowest BCUT2D eigenvalue weighted by Gasteiger charge is -2.17. The van der Waals surface area contributed by atoms with Crippen LogP contribution in [0.4, 0.5) is 17.3 Å². The van der Waals surface area contributed by atoms with Crippen LogP contribution >= 0.6 is 0 Å². The molecule has 8 heteroatoms. The third-order valence-electron chi connectivity index (χ3n) is 3.61. The molecule has 3 aromatic rings. The van der Waals surface area contributed by atoms with Crippen molar-refractivity contribution in [3.63, 3.8) is 0 Å². The number of amides is 1. The molecule has 0 saturated carbocycles. The number of hydrogen-bond donors (Lipinski definition) is 3. The highest BCUT2D eigenvalue weighted by atomic mass is 16.5. The van der Waals surface area contributed by atoms with Crippen LogP contribution in [0.15, 0.2) is 30.7 Å². The number of fused-ring (bicyclic) bond motifs is 1. The van der Waals surface area contributed by atoms with Crippen molar-refractivity contribution >= 4 is 34.1 Å². The van der Waals surface area contributed by atoms with Gasteiger partial charge in [-0.2, -0.15) is 5.10 Å². The van der Waals surface area contributed by atoms with Crippen LogP contribution in [-0.4, -0.2) is 33.2 Å². The molecule has 0 spiro atoms. The van der Waals surface area contributed by atoms with E-state index in [4.69, 9.17) is 4.74 Å². The van der Waals surface area contributed by atoms with Gasteiger partial charge in [-0.05, 0) is 6.07 Å². The molecule has 0 bridgehead atoms. The number of aromatic amines is 1. The number of carbonyl (C=O) groups excluding carboxylic acids is 1. The Morgan fingerprint density at radius 2 is 1.92 bits per heavy atom. The summed E-state index contributed by atoms with van der Waals surface area (Å²) in [6.07, 6.45) is 3.12. The second-order valence-corrected chi connectivity index (χ2v) is 6.63. The summed E-state index contributed by atoms with van der Waals surface area (Å²) in [4.78, 5) is 20.4. The number of hydrogen-bond acceptors (Lipinski definition) is 6. The first-order valence-corrected chi connectivity index (χ1v) is 7.78. The summed E-state index contributed by atoms with van der Waals surface area (Å²) in [6, 6.07) is 5.43. The second kappa shape index (κ2) is 6.39. The molecule has 1 aromatic carbocycles. The number of aromatic nitrogens is 4. The summed E-state index contributed by atoms with van der Waals surface area (Å²) < 4.78 is 5.41. The zero-order chi connectivity index (χ0) is 18.0. The maximum atomic E-state index is 12.1. The van der Waals surface area contributed by atoms with Crippen molar-refractivity contribution in [3.05, 3.63) is 30.7 Å². The minimum Gasteiger partial charge on any atom is -0.494 e. The fourth-order valence-electron chi connectivity index (χ4n) is 2.17. The number of H-pyrrole nitrogens is 1. The molecule has 8 nitrogen and oxygen atoms in total. The summed E-state index contributed by atoms with van der Waals surface area (Å²) in [7, 11) is 1.59. The van der Waals surface area contributed by atoms with E-state index in [-0.39, 0.29) is 5.91 Å². The van der Waals surface area contributed by atoms with Gasteiger partial charge < -0.3 is 15.4 Å². The van der Waals surface area contributed by atoms with Crippen molar-refractivity contribution in [2.45, 2.75) is 20.8 Å². The minimum absolute atomic E-state index is 0.116. The highest BCUT2D eigenvalue weighted by Gasteiger charge is 2.21. The van der Waals surface area contributed by atoms with Crippen molar-refractivity contribution < 1.29 is 9.53 Å². The topological polar surface area (TPSA) is 105 Å². The van der Waals surface area contributed by atoms with Crippen molar-refractivity contribution in [1.29, 1.82) is 0 Å². The Hall–Kier alpha value is -3.16. The molecule has 0 fully saturated rings. The van der Waals surface area contributed by atoms with Crippen LogP contribution < -0.4 is 15.4 Å². The van der Waals surface area contributed by atoms with Gasteiger partial charge in [0.05, 0.1) is 24.5 Å². The summed E-state index contributed by atoms with van der Waals surface area (Å²) >= 11 is 0. The fourth-order valence-corrected chi connectivity index (χ4v) is 2.17. The van der Waals surface area contributed by atoms with Gasteiger partial charge in [0.2, 0.25) is 5.91 Å². The number of ether oxygens (including phenoxy) is 1. The number of rotatable bonds is 4. The molecule has 0 aliphatic carbocycles. The quantitative estimate of drug-likeness (QED) is 0.674. The summed E-state index contributed by atoms with van der Waals surface area (Å²) in [5.41, 5.74) is 1.11. The normalized spacial score (nSPS) is 11.4. The largest absolute Gasteiger partial charge is 0.494 e. The van der Waals surface area contributed by atoms with E-state index in [0.717, 1.165) is 16.6 Å². The van der Waals surface area contributed by atoms with E-state index >= 15 is 0 Å². The van der Waals surface area contributed by atoms with Gasteiger partial charge in [0.1, 0.15) is 23.7 Å². The standard InChI is InChI=1S/C17H20N6O2/c1-17(2,3)16(24)22-15-7-14(18-9-19-15)21-12-5-10-8-20-23-11(10)6-13(12)25-4/h5-9H,1-4H3,(H,20,23)(H2,18,19,21,22,24). The summed E-state index contributed by atoms with van der Waals surface area (Å²) in [5, 5.41) is 13.8. The van der Waals surface area contributed by atoms with E-state index in [1.165, 1.54) is 6.33 Å². The molecular weight excluding hydrogens is 320 g/mol. The highest BCUT2D eigenvalue weighted by Crippen LogP contribution is 2.31. The van der Waals surface area contributed by atoms with E-state index < -0.39 is 5.41 Å². The predicted molar refractivity (Wildman–Crippen MR) is 96.0 cm³/mol. The Balaban J connectivity index is 1.86. The highest BCUT2D eigenvalue weighted by molar-refractivity contribution is 5.94. The molecule has 0 aliphatic rings. The molecule has 130 valence electrons. The lowest BCUT2D eigenvalue weighted by molar-refractivity contribution is -0.123. The van der Waals surface area contributed by atoms with E-state index in [9.17, 15) is 4.79 Å². The number of nitrogens with one attached hydrogen (secondary N) is 3. The molecule has 2 heterocycles. The average molecular weight is 340 g/mol. The third kappa shape index (κ3) is 3.68. The zero-order valence-corrected chi connectivity index (χ0v) is 14.5. The first-order chi connectivity index (χ1) is 11.9. The molecule has 0 aliphatic heterocycles. The molecule has 25 heavy (non-hydrogen) atoms. The van der Waals surface area contributed by atoms with Crippen molar-refractivity contribution in [2.24, 2.45) is 5.41 Å². The molecular formula is C17H20N6O2. The maximum Gasteiger partial charge on any atom is 0.230 e. The minimum atomic E-state index is -0.506. The number of methoxy groups -OCH3 is 1. The lowest BCUT2D eigenvalue weighted by Crippen LogP contribution is -2.28. The first-order valence-electron chi connectivity index (χ1n) is 7.78. The molecule has 3 N–H and O–H groups in total. The van der Waals surface area contributed by atoms with Gasteiger partial charge in [0.15, 0.2) is 0 Å². The Morgan fingerprint density at radius 1 is 1.16 bits per heavy atom. The van der Waals surface area contributed by atoms with E-state index in [1.807, 2.05) is 32.9 Å². The van der Waals surface area contributed by atoms with Crippen LogP contribution in [-0.2, 0) is 4.79 Å². The van der Waals surface area contributed by atoms with Gasteiger partial charge in [0, 0.05) is 22.9 Å². The fraction of sp³-hybridized carbons (Fsp3) is 0.294. The summed E-state index contributed by atoms with van der Waals surface area (Å²) in [6.45, 7) is 5.52. The van der Waals surface area contributed by atoms with Crippen LogP contribution in [0, 0.1) is 5.41 Å². The second-order valence-electron chi connectivity index (χ2n) is 6.63. The van der Waals surface area contributed by atoms with Gasteiger partial charge in [-0.1, -0.05) is 20.8 Å². The summed E-state index contributed by atoms with van der Waals surface area (Å²) in [5.74, 6) is 1.51. The van der Waals surface area contributed by atoms with Crippen LogP contribution in [0.5, 0.6) is 5.75 Å². The van der Waals surface area contributed by atoms with Gasteiger partial charge in [-0.15, -0.1) is 0 Å². The molecule has 1 amide bonds. The van der Waals surface area contributed by atoms with Gasteiger partial charge in [0.25, 0.3) is 0 Å². The molecule has 3 rings (SSSR count). The number of carbonyl (C=O) groups is 1. The Bertz CT molecular complexity index is 913. The zero-order valence-electron chi connectivity index (χ0n) is 14.5. The van der Waals surface area contributed by atoms with E-state index in [0.29, 0.717) is 17.4 Å². The molecule has 2 aromatic heterocycles. The van der Waals surface area contributed by atoms with Crippen LogP contribution in [0.25, 0.3) is 10.9 Å². The van der Waals surface area contributed by atoms with Crippen LogP contribution in [0.3, 0.4) is 0 Å². The Kier molecular flexibility index (Phi) is 4.26. The first kappa shape index (κ1) is 16.7.